The Morgan fingerprint density at radius 3 is 2.08 bits per heavy atom. The third kappa shape index (κ3) is 2.13. The summed E-state index contributed by atoms with van der Waals surface area (Å²) in [7, 11) is 3.49. The predicted octanol–water partition coefficient (Wildman–Crippen LogP) is 0.957. The Morgan fingerprint density at radius 2 is 1.75 bits per heavy atom. The smallest absolute Gasteiger partial charge is 0.112 e. The molecule has 0 aromatic heterocycles. The molecule has 0 unspecified atom stereocenters. The Morgan fingerprint density at radius 1 is 1.25 bits per heavy atom. The monoisotopic (exact) mass is 191 g/mol. The van der Waals surface area contributed by atoms with Gasteiger partial charge in [-0.2, -0.15) is 12.6 Å². The first-order valence-corrected chi connectivity index (χ1v) is 4.89. The third-order valence-electron chi connectivity index (χ3n) is 2.30. The van der Waals surface area contributed by atoms with Crippen LogP contribution in [0.4, 0.5) is 0 Å². The van der Waals surface area contributed by atoms with E-state index in [2.05, 4.69) is 17.5 Å². The highest BCUT2D eigenvalue weighted by Gasteiger charge is 2.32. The topological polar surface area (TPSA) is 21.7 Å². The SMILES string of the molecule is CO[C@H]1CC[C@H](OC)N1CCS. The number of hydrogen-bond donors (Lipinski definition) is 1. The Hall–Kier alpha value is 0.230. The van der Waals surface area contributed by atoms with Crippen LogP contribution in [0.25, 0.3) is 0 Å². The average Bonchev–Trinajstić information content (AvgIpc) is 2.48. The summed E-state index contributed by atoms with van der Waals surface area (Å²) in [5.74, 6) is 0.847. The van der Waals surface area contributed by atoms with Gasteiger partial charge in [-0.15, -0.1) is 0 Å². The van der Waals surface area contributed by atoms with E-state index >= 15 is 0 Å². The zero-order valence-corrected chi connectivity index (χ0v) is 8.59. The van der Waals surface area contributed by atoms with Crippen LogP contribution in [0, 0.1) is 0 Å². The van der Waals surface area contributed by atoms with Crippen LogP contribution in [0.1, 0.15) is 12.8 Å². The molecular formula is C8H17NO2S. The van der Waals surface area contributed by atoms with E-state index in [0.29, 0.717) is 0 Å². The first kappa shape index (κ1) is 10.3. The first-order chi connectivity index (χ1) is 5.83. The summed E-state index contributed by atoms with van der Waals surface area (Å²) in [4.78, 5) is 2.22. The molecule has 0 N–H and O–H groups in total. The van der Waals surface area contributed by atoms with Crippen LogP contribution in [0.5, 0.6) is 0 Å². The molecule has 0 aliphatic carbocycles. The van der Waals surface area contributed by atoms with Crippen molar-refractivity contribution in [2.24, 2.45) is 0 Å². The molecule has 1 fully saturated rings. The van der Waals surface area contributed by atoms with E-state index in [9.17, 15) is 0 Å². The minimum Gasteiger partial charge on any atom is -0.366 e. The summed E-state index contributed by atoms with van der Waals surface area (Å²) < 4.78 is 10.6. The summed E-state index contributed by atoms with van der Waals surface area (Å²) in [5.41, 5.74) is 0. The van der Waals surface area contributed by atoms with Crippen molar-refractivity contribution in [3.63, 3.8) is 0 Å². The molecule has 0 saturated carbocycles. The van der Waals surface area contributed by atoms with Crippen molar-refractivity contribution in [1.29, 1.82) is 0 Å². The standard InChI is InChI=1S/C8H17NO2S/c1-10-7-3-4-8(11-2)9(7)5-6-12/h7-8,12H,3-6H2,1-2H3/t7-,8-/m0/s1. The molecule has 2 atom stereocenters. The molecule has 0 bridgehead atoms. The van der Waals surface area contributed by atoms with Gasteiger partial charge in [-0.3, -0.25) is 4.90 Å². The largest absolute Gasteiger partial charge is 0.366 e. The fraction of sp³-hybridized carbons (Fsp3) is 1.00. The van der Waals surface area contributed by atoms with Gasteiger partial charge in [0.25, 0.3) is 0 Å². The molecule has 0 aromatic rings. The lowest BCUT2D eigenvalue weighted by atomic mass is 10.3. The van der Waals surface area contributed by atoms with E-state index in [1.54, 1.807) is 14.2 Å². The van der Waals surface area contributed by atoms with Gasteiger partial charge in [-0.25, -0.2) is 0 Å². The fourth-order valence-electron chi connectivity index (χ4n) is 1.71. The summed E-state index contributed by atoms with van der Waals surface area (Å²) in [6.07, 6.45) is 2.56. The maximum Gasteiger partial charge on any atom is 0.112 e. The molecule has 0 amide bonds. The number of ether oxygens (including phenoxy) is 2. The number of likely N-dealkylation sites (tertiary alicyclic amines) is 1. The molecule has 1 saturated heterocycles. The van der Waals surface area contributed by atoms with Gasteiger partial charge in [0.1, 0.15) is 12.5 Å². The van der Waals surface area contributed by atoms with Crippen LogP contribution in [-0.4, -0.2) is 43.9 Å². The molecule has 12 heavy (non-hydrogen) atoms. The highest BCUT2D eigenvalue weighted by atomic mass is 32.1. The first-order valence-electron chi connectivity index (χ1n) is 4.25. The molecule has 0 radical (unpaired) electrons. The van der Waals surface area contributed by atoms with Gasteiger partial charge in [0, 0.05) is 26.5 Å². The second kappa shape index (κ2) is 5.07. The zero-order valence-electron chi connectivity index (χ0n) is 7.69. The van der Waals surface area contributed by atoms with Crippen molar-refractivity contribution in [1.82, 2.24) is 4.90 Å². The van der Waals surface area contributed by atoms with Crippen LogP contribution >= 0.6 is 12.6 Å². The number of hydrogen-bond acceptors (Lipinski definition) is 4. The van der Waals surface area contributed by atoms with Crippen LogP contribution < -0.4 is 0 Å². The quantitative estimate of drug-likeness (QED) is 0.669. The van der Waals surface area contributed by atoms with Crippen LogP contribution in [0.15, 0.2) is 0 Å². The number of thiol groups is 1. The van der Waals surface area contributed by atoms with Crippen LogP contribution in [-0.2, 0) is 9.47 Å². The van der Waals surface area contributed by atoms with E-state index < -0.39 is 0 Å². The summed E-state index contributed by atoms with van der Waals surface area (Å²) >= 11 is 4.20. The van der Waals surface area contributed by atoms with E-state index in [1.165, 1.54) is 0 Å². The van der Waals surface area contributed by atoms with Gasteiger partial charge >= 0.3 is 0 Å². The van der Waals surface area contributed by atoms with Gasteiger partial charge < -0.3 is 9.47 Å². The molecule has 1 aliphatic rings. The van der Waals surface area contributed by atoms with E-state index in [-0.39, 0.29) is 12.5 Å². The van der Waals surface area contributed by atoms with Crippen molar-refractivity contribution in [3.8, 4) is 0 Å². The summed E-state index contributed by atoms with van der Waals surface area (Å²) in [6, 6.07) is 0. The number of nitrogens with zero attached hydrogens (tertiary/aromatic N) is 1. The highest BCUT2D eigenvalue weighted by Crippen LogP contribution is 2.24. The minimum atomic E-state index is 0.224. The predicted molar refractivity (Wildman–Crippen MR) is 51.4 cm³/mol. The van der Waals surface area contributed by atoms with Crippen molar-refractivity contribution < 1.29 is 9.47 Å². The Balaban J connectivity index is 2.46. The molecule has 3 nitrogen and oxygen atoms in total. The van der Waals surface area contributed by atoms with Gasteiger partial charge in [0.05, 0.1) is 0 Å². The Kier molecular flexibility index (Phi) is 4.35. The fourth-order valence-corrected chi connectivity index (χ4v) is 1.94. The maximum atomic E-state index is 5.32. The van der Waals surface area contributed by atoms with Crippen molar-refractivity contribution >= 4 is 12.6 Å². The summed E-state index contributed by atoms with van der Waals surface area (Å²) in [5, 5.41) is 0. The molecule has 72 valence electrons. The lowest BCUT2D eigenvalue weighted by molar-refractivity contribution is -0.0845. The maximum absolute atomic E-state index is 5.32. The third-order valence-corrected chi connectivity index (χ3v) is 2.50. The van der Waals surface area contributed by atoms with Crippen LogP contribution in [0.3, 0.4) is 0 Å². The van der Waals surface area contributed by atoms with Crippen molar-refractivity contribution in [2.75, 3.05) is 26.5 Å². The Bertz CT molecular complexity index is 122. The lowest BCUT2D eigenvalue weighted by Crippen LogP contribution is -2.39. The van der Waals surface area contributed by atoms with Crippen LogP contribution in [0.2, 0.25) is 0 Å². The van der Waals surface area contributed by atoms with Crippen molar-refractivity contribution in [3.05, 3.63) is 0 Å². The molecule has 1 aliphatic heterocycles. The van der Waals surface area contributed by atoms with E-state index in [1.807, 2.05) is 0 Å². The molecule has 1 heterocycles. The minimum absolute atomic E-state index is 0.224. The lowest BCUT2D eigenvalue weighted by Gasteiger charge is -2.27. The number of rotatable bonds is 4. The normalized spacial score (nSPS) is 31.2. The van der Waals surface area contributed by atoms with Gasteiger partial charge in [-0.05, 0) is 12.8 Å². The molecular weight excluding hydrogens is 174 g/mol. The Labute approximate surface area is 79.4 Å². The van der Waals surface area contributed by atoms with E-state index in [0.717, 1.165) is 25.1 Å². The molecule has 0 aromatic carbocycles. The van der Waals surface area contributed by atoms with Gasteiger partial charge in [0.2, 0.25) is 0 Å². The molecule has 0 spiro atoms. The van der Waals surface area contributed by atoms with Crippen molar-refractivity contribution in [2.45, 2.75) is 25.3 Å². The molecule has 4 heteroatoms. The van der Waals surface area contributed by atoms with E-state index in [4.69, 9.17) is 9.47 Å². The highest BCUT2D eigenvalue weighted by molar-refractivity contribution is 7.80. The second-order valence-corrected chi connectivity index (χ2v) is 3.37. The van der Waals surface area contributed by atoms with Gasteiger partial charge in [-0.1, -0.05) is 0 Å². The average molecular weight is 191 g/mol. The second-order valence-electron chi connectivity index (χ2n) is 2.92. The molecule has 1 rings (SSSR count). The zero-order chi connectivity index (χ0) is 8.97. The summed E-state index contributed by atoms with van der Waals surface area (Å²) in [6.45, 7) is 0.931. The van der Waals surface area contributed by atoms with Gasteiger partial charge in [0.15, 0.2) is 0 Å². The number of methoxy groups -OCH3 is 2.